The summed E-state index contributed by atoms with van der Waals surface area (Å²) in [5, 5.41) is 0. The standard InChI is InChI=1S/C3H7.2ClH.Li.Mg/c1-3-2;;;;/h1,3H2,2H3;2*1H;;/q-1;;;+1;+2/p-2. The maximum absolute atomic E-state index is 3.49. The van der Waals surface area contributed by atoms with Gasteiger partial charge in [-0.15, -0.1) is 0 Å². The van der Waals surface area contributed by atoms with E-state index in [0.717, 1.165) is 6.42 Å². The van der Waals surface area contributed by atoms with Crippen molar-refractivity contribution in [2.45, 2.75) is 13.3 Å². The minimum atomic E-state index is 0. The van der Waals surface area contributed by atoms with E-state index in [1.165, 1.54) is 0 Å². The molecule has 0 spiro atoms. The van der Waals surface area contributed by atoms with E-state index in [1.807, 2.05) is 6.92 Å². The third-order valence-electron chi connectivity index (χ3n) is 0. The summed E-state index contributed by atoms with van der Waals surface area (Å²) in [7, 11) is 0. The fourth-order valence-corrected chi connectivity index (χ4v) is 0. The molecule has 0 aliphatic rings. The quantitative estimate of drug-likeness (QED) is 0.235. The summed E-state index contributed by atoms with van der Waals surface area (Å²) in [6.45, 7) is 5.50. The molecular weight excluding hydrogens is 138 g/mol. The zero-order chi connectivity index (χ0) is 2.71. The number of halogens is 2. The topological polar surface area (TPSA) is 0 Å². The third kappa shape index (κ3) is 74.3. The van der Waals surface area contributed by atoms with Crippen molar-refractivity contribution in [2.24, 2.45) is 0 Å². The smallest absolute Gasteiger partial charge is 1.00 e. The Morgan fingerprint density at radius 1 is 1.29 bits per heavy atom. The first kappa shape index (κ1) is 36.3. The average Bonchev–Trinajstić information content (AvgIpc) is 0.918. The Labute approximate surface area is 86.3 Å². The molecule has 0 radical (unpaired) electrons. The van der Waals surface area contributed by atoms with Gasteiger partial charge in [0.15, 0.2) is 0 Å². The van der Waals surface area contributed by atoms with Gasteiger partial charge in [0.1, 0.15) is 0 Å². The Morgan fingerprint density at radius 2 is 1.29 bits per heavy atom. The summed E-state index contributed by atoms with van der Waals surface area (Å²) in [5.74, 6) is 0. The molecule has 0 unspecified atom stereocenters. The molecule has 0 N–H and O–H groups in total. The van der Waals surface area contributed by atoms with Crippen molar-refractivity contribution in [1.29, 1.82) is 0 Å². The molecule has 36 valence electrons. The van der Waals surface area contributed by atoms with Gasteiger partial charge >= 0.3 is 41.9 Å². The van der Waals surface area contributed by atoms with Crippen LogP contribution in [0.15, 0.2) is 0 Å². The van der Waals surface area contributed by atoms with E-state index >= 15 is 0 Å². The SMILES string of the molecule is [CH2-]CC.[Cl-].[Cl-].[Li+].[Mg+2]. The van der Waals surface area contributed by atoms with Gasteiger partial charge in [-0.05, 0) is 0 Å². The van der Waals surface area contributed by atoms with Crippen LogP contribution >= 0.6 is 0 Å². The molecule has 0 amide bonds. The second kappa shape index (κ2) is 44.2. The molecule has 0 aromatic carbocycles. The second-order valence-electron chi connectivity index (χ2n) is 0.500. The van der Waals surface area contributed by atoms with Crippen molar-refractivity contribution >= 4 is 23.1 Å². The Morgan fingerprint density at radius 3 is 1.29 bits per heavy atom. The van der Waals surface area contributed by atoms with Crippen LogP contribution in [0.25, 0.3) is 0 Å². The maximum Gasteiger partial charge on any atom is 2.00 e. The van der Waals surface area contributed by atoms with Gasteiger partial charge in [-0.2, -0.15) is 6.42 Å². The van der Waals surface area contributed by atoms with E-state index < -0.39 is 0 Å². The predicted octanol–water partition coefficient (Wildman–Crippen LogP) is -8.14. The van der Waals surface area contributed by atoms with Gasteiger partial charge in [0.05, 0.1) is 0 Å². The number of hydrogen-bond donors (Lipinski definition) is 0. The minimum absolute atomic E-state index is 0. The molecule has 0 aromatic heterocycles. The molecule has 0 heterocycles. The van der Waals surface area contributed by atoms with Crippen molar-refractivity contribution in [1.82, 2.24) is 0 Å². The van der Waals surface area contributed by atoms with Crippen LogP contribution in [0.5, 0.6) is 0 Å². The number of hydrogen-bond acceptors (Lipinski definition) is 0. The van der Waals surface area contributed by atoms with Gasteiger partial charge < -0.3 is 31.7 Å². The van der Waals surface area contributed by atoms with Crippen LogP contribution in [0, 0.1) is 6.92 Å². The molecule has 7 heavy (non-hydrogen) atoms. The zero-order valence-electron chi connectivity index (χ0n) is 4.88. The molecule has 0 aliphatic heterocycles. The van der Waals surface area contributed by atoms with Crippen molar-refractivity contribution in [3.8, 4) is 0 Å². The Kier molecular flexibility index (Phi) is 229. The predicted molar refractivity (Wildman–Crippen MR) is 21.4 cm³/mol. The average molecular weight is 145 g/mol. The fraction of sp³-hybridized carbons (Fsp3) is 0.667. The van der Waals surface area contributed by atoms with Crippen LogP contribution in [0.2, 0.25) is 0 Å². The van der Waals surface area contributed by atoms with E-state index in [9.17, 15) is 0 Å². The Hall–Kier alpha value is 1.94. The summed E-state index contributed by atoms with van der Waals surface area (Å²) in [6, 6.07) is 0. The fourth-order valence-electron chi connectivity index (χ4n) is 0. The van der Waals surface area contributed by atoms with Crippen molar-refractivity contribution in [3.05, 3.63) is 6.92 Å². The molecule has 0 atom stereocenters. The molecule has 0 aromatic rings. The largest absolute Gasteiger partial charge is 2.00 e. The van der Waals surface area contributed by atoms with E-state index in [4.69, 9.17) is 0 Å². The van der Waals surface area contributed by atoms with E-state index in [2.05, 4.69) is 6.92 Å². The molecule has 0 fully saturated rings. The van der Waals surface area contributed by atoms with Crippen LogP contribution in [0.3, 0.4) is 0 Å². The van der Waals surface area contributed by atoms with E-state index in [-0.39, 0.29) is 66.7 Å². The van der Waals surface area contributed by atoms with Crippen molar-refractivity contribution < 1.29 is 43.7 Å². The third-order valence-corrected chi connectivity index (χ3v) is 0. The van der Waals surface area contributed by atoms with Gasteiger partial charge in [-0.1, -0.05) is 6.92 Å². The van der Waals surface area contributed by atoms with Crippen LogP contribution in [0.4, 0.5) is 0 Å². The summed E-state index contributed by atoms with van der Waals surface area (Å²) in [4.78, 5) is 0. The second-order valence-corrected chi connectivity index (χ2v) is 0.500. The van der Waals surface area contributed by atoms with Gasteiger partial charge in [0.25, 0.3) is 0 Å². The molecule has 4 heteroatoms. The first-order chi connectivity index (χ1) is 1.41. The van der Waals surface area contributed by atoms with Crippen LogP contribution < -0.4 is 43.7 Å². The zero-order valence-corrected chi connectivity index (χ0v) is 7.80. The first-order valence-corrected chi connectivity index (χ1v) is 1.21. The molecular formula is C3H7Cl2LiMg. The van der Waals surface area contributed by atoms with Gasteiger partial charge in [-0.3, -0.25) is 0 Å². The van der Waals surface area contributed by atoms with Crippen LogP contribution in [-0.2, 0) is 0 Å². The maximum atomic E-state index is 3.49. The molecule has 0 aliphatic carbocycles. The van der Waals surface area contributed by atoms with Crippen molar-refractivity contribution in [3.63, 3.8) is 0 Å². The summed E-state index contributed by atoms with van der Waals surface area (Å²) >= 11 is 0. The van der Waals surface area contributed by atoms with Crippen molar-refractivity contribution in [2.75, 3.05) is 0 Å². The van der Waals surface area contributed by atoms with Gasteiger partial charge in [0, 0.05) is 0 Å². The Bertz CT molecular complexity index is 12.9. The Balaban J connectivity index is -0.00000000333. The molecule has 0 bridgehead atoms. The van der Waals surface area contributed by atoms with Gasteiger partial charge in [-0.25, -0.2) is 0 Å². The monoisotopic (exact) mass is 144 g/mol. The normalized spacial score (nSPS) is 2.57. The van der Waals surface area contributed by atoms with E-state index in [1.54, 1.807) is 0 Å². The molecule has 0 saturated heterocycles. The van der Waals surface area contributed by atoms with E-state index in [0.29, 0.717) is 0 Å². The van der Waals surface area contributed by atoms with Crippen LogP contribution in [-0.4, -0.2) is 23.1 Å². The first-order valence-electron chi connectivity index (χ1n) is 1.21. The summed E-state index contributed by atoms with van der Waals surface area (Å²) < 4.78 is 0. The van der Waals surface area contributed by atoms with Crippen LogP contribution in [0.1, 0.15) is 13.3 Å². The molecule has 0 saturated carbocycles. The molecule has 0 nitrogen and oxygen atoms in total. The minimum Gasteiger partial charge on any atom is -1.00 e. The number of rotatable bonds is 0. The molecule has 0 rings (SSSR count). The summed E-state index contributed by atoms with van der Waals surface area (Å²) in [6.07, 6.45) is 1.00. The van der Waals surface area contributed by atoms with Gasteiger partial charge in [0.2, 0.25) is 0 Å². The summed E-state index contributed by atoms with van der Waals surface area (Å²) in [5.41, 5.74) is 0.